The third kappa shape index (κ3) is 10.6. The predicted molar refractivity (Wildman–Crippen MR) is 204 cm³/mol. The highest BCUT2D eigenvalue weighted by molar-refractivity contribution is 5.71. The van der Waals surface area contributed by atoms with Crippen molar-refractivity contribution in [3.05, 3.63) is 72.8 Å². The molecule has 2 saturated heterocycles. The minimum atomic E-state index is -0.485. The molecule has 2 aromatic carbocycles. The molecule has 4 N–H and O–H groups in total. The van der Waals surface area contributed by atoms with E-state index in [0.29, 0.717) is 30.5 Å². The van der Waals surface area contributed by atoms with Gasteiger partial charge >= 0.3 is 6.09 Å². The molecule has 278 valence electrons. The van der Waals surface area contributed by atoms with Crippen LogP contribution < -0.4 is 30.4 Å². The van der Waals surface area contributed by atoms with E-state index >= 15 is 0 Å². The first-order chi connectivity index (χ1) is 24.9. The Bertz CT molecular complexity index is 1780. The summed E-state index contributed by atoms with van der Waals surface area (Å²) in [6, 6.07) is 22.6. The van der Waals surface area contributed by atoms with Crippen molar-refractivity contribution >= 4 is 17.7 Å². The maximum absolute atomic E-state index is 12.2. The van der Waals surface area contributed by atoms with Gasteiger partial charge in [-0.15, -0.1) is 0 Å². The van der Waals surface area contributed by atoms with Crippen LogP contribution in [0.5, 0.6) is 23.0 Å². The molecule has 2 aliphatic rings. The second-order valence-corrected chi connectivity index (χ2v) is 14.0. The average molecular weight is 713 g/mol. The molecule has 4 heterocycles. The van der Waals surface area contributed by atoms with Gasteiger partial charge in [-0.25, -0.2) is 14.8 Å². The summed E-state index contributed by atoms with van der Waals surface area (Å²) in [5.41, 5.74) is 14.4. The van der Waals surface area contributed by atoms with Crippen molar-refractivity contribution in [2.24, 2.45) is 0 Å². The van der Waals surface area contributed by atoms with Gasteiger partial charge in [0, 0.05) is 62.3 Å². The van der Waals surface area contributed by atoms with E-state index < -0.39 is 5.60 Å². The number of carbonyl (C=O) groups is 1. The number of pyridine rings is 2. The largest absolute Gasteiger partial charge is 0.496 e. The number of likely N-dealkylation sites (tertiary alicyclic amines) is 2. The smallest absolute Gasteiger partial charge is 0.410 e. The van der Waals surface area contributed by atoms with Crippen molar-refractivity contribution in [1.82, 2.24) is 19.8 Å². The van der Waals surface area contributed by atoms with Gasteiger partial charge in [0.1, 0.15) is 52.4 Å². The number of methoxy groups -OCH3 is 2. The fourth-order valence-electron chi connectivity index (χ4n) is 6.09. The molecule has 0 radical (unpaired) electrons. The zero-order valence-corrected chi connectivity index (χ0v) is 31.1. The van der Waals surface area contributed by atoms with Crippen LogP contribution in [0.1, 0.15) is 46.5 Å². The number of aromatic nitrogens is 2. The zero-order valence-electron chi connectivity index (χ0n) is 31.1. The molecule has 1 amide bonds. The topological polar surface area (TPSA) is 148 Å². The fourth-order valence-corrected chi connectivity index (χ4v) is 6.09. The summed E-state index contributed by atoms with van der Waals surface area (Å²) >= 11 is 0. The van der Waals surface area contributed by atoms with Crippen LogP contribution >= 0.6 is 0 Å². The molecule has 0 unspecified atom stereocenters. The van der Waals surface area contributed by atoms with E-state index in [1.54, 1.807) is 31.3 Å². The van der Waals surface area contributed by atoms with Crippen molar-refractivity contribution in [2.75, 3.05) is 58.9 Å². The number of nitrogens with zero attached hydrogens (tertiary/aromatic N) is 4. The molecule has 2 aliphatic heterocycles. The van der Waals surface area contributed by atoms with Crippen molar-refractivity contribution < 1.29 is 28.5 Å². The Hall–Kier alpha value is -5.23. The second kappa shape index (κ2) is 17.3. The standard InChI is InChI=1S/C22H29N3O4.C18H23N3O2/c1-22(2,3)29-21(26)25-12-10-15(11-13-25)28-16-8-9-17(19(14-16)27-4)18-6-5-7-20(23)24-18;1-21-10-8-13(9-11-21)23-14-6-7-15(17(12-14)22-2)16-4-3-5-18(19)20-16/h5-9,14-15H,10-13H2,1-4H3,(H2,23,24);3-7,12-13H,8-11H2,1-2H3,(H2,19,20). The molecule has 2 aromatic heterocycles. The maximum atomic E-state index is 12.2. The number of hydrogen-bond donors (Lipinski definition) is 2. The number of ether oxygens (including phenoxy) is 5. The summed E-state index contributed by atoms with van der Waals surface area (Å²) in [5.74, 6) is 3.94. The molecule has 12 heteroatoms. The molecule has 0 bridgehead atoms. The molecular formula is C40H52N6O6. The van der Waals surface area contributed by atoms with Gasteiger partial charge < -0.3 is 45.0 Å². The summed E-state index contributed by atoms with van der Waals surface area (Å²) in [5, 5.41) is 0. The molecule has 2 fully saturated rings. The monoisotopic (exact) mass is 712 g/mol. The van der Waals surface area contributed by atoms with Gasteiger partial charge in [-0.3, -0.25) is 0 Å². The van der Waals surface area contributed by atoms with Gasteiger partial charge in [0.05, 0.1) is 25.6 Å². The zero-order chi connectivity index (χ0) is 37.3. The van der Waals surface area contributed by atoms with Crippen LogP contribution in [0.3, 0.4) is 0 Å². The molecule has 0 aliphatic carbocycles. The first-order valence-corrected chi connectivity index (χ1v) is 17.7. The SMILES string of the molecule is COc1cc(OC2CCN(C(=O)OC(C)(C)C)CC2)ccc1-c1cccc(N)n1.COc1cc(OC2CCN(C)CC2)ccc1-c1cccc(N)n1. The van der Waals surface area contributed by atoms with E-state index in [-0.39, 0.29) is 18.3 Å². The number of benzene rings is 2. The van der Waals surface area contributed by atoms with E-state index in [1.807, 2.05) is 81.4 Å². The van der Waals surface area contributed by atoms with E-state index in [2.05, 4.69) is 21.9 Å². The second-order valence-electron chi connectivity index (χ2n) is 14.0. The number of nitrogen functional groups attached to an aromatic ring is 2. The van der Waals surface area contributed by atoms with Crippen LogP contribution in [-0.2, 0) is 4.74 Å². The highest BCUT2D eigenvalue weighted by Gasteiger charge is 2.28. The van der Waals surface area contributed by atoms with E-state index in [0.717, 1.165) is 78.5 Å². The Kier molecular flexibility index (Phi) is 12.7. The van der Waals surface area contributed by atoms with E-state index in [1.165, 1.54) is 0 Å². The van der Waals surface area contributed by atoms with Gasteiger partial charge in [-0.05, 0) is 89.2 Å². The Morgan fingerprint density at radius 3 is 1.54 bits per heavy atom. The van der Waals surface area contributed by atoms with Gasteiger partial charge in [0.25, 0.3) is 0 Å². The third-order valence-corrected chi connectivity index (χ3v) is 8.80. The number of nitrogens with two attached hydrogens (primary N) is 2. The van der Waals surface area contributed by atoms with Crippen LogP contribution in [0.15, 0.2) is 72.8 Å². The number of piperidine rings is 2. The molecule has 6 rings (SSSR count). The normalized spacial score (nSPS) is 15.6. The number of carbonyl (C=O) groups excluding carboxylic acids is 1. The summed E-state index contributed by atoms with van der Waals surface area (Å²) in [6.45, 7) is 9.00. The Morgan fingerprint density at radius 2 is 1.13 bits per heavy atom. The lowest BCUT2D eigenvalue weighted by molar-refractivity contribution is 0.0126. The van der Waals surface area contributed by atoms with Crippen molar-refractivity contribution in [3.63, 3.8) is 0 Å². The summed E-state index contributed by atoms with van der Waals surface area (Å²) in [6.07, 6.45) is 3.65. The van der Waals surface area contributed by atoms with Crippen molar-refractivity contribution in [3.8, 4) is 45.5 Å². The Balaban J connectivity index is 0.000000206. The fraction of sp³-hybridized carbons (Fsp3) is 0.425. The number of amides is 1. The molecule has 0 saturated carbocycles. The molecule has 4 aromatic rings. The molecule has 0 spiro atoms. The van der Waals surface area contributed by atoms with Crippen molar-refractivity contribution in [2.45, 2.75) is 64.3 Å². The minimum Gasteiger partial charge on any atom is -0.496 e. The predicted octanol–water partition coefficient (Wildman–Crippen LogP) is 6.93. The van der Waals surface area contributed by atoms with E-state index in [4.69, 9.17) is 35.2 Å². The lowest BCUT2D eigenvalue weighted by Gasteiger charge is -2.33. The number of hydrogen-bond acceptors (Lipinski definition) is 11. The highest BCUT2D eigenvalue weighted by Crippen LogP contribution is 2.35. The van der Waals surface area contributed by atoms with Crippen LogP contribution in [0.25, 0.3) is 22.5 Å². The molecule has 52 heavy (non-hydrogen) atoms. The number of anilines is 2. The van der Waals surface area contributed by atoms with Gasteiger partial charge in [0.2, 0.25) is 0 Å². The third-order valence-electron chi connectivity index (χ3n) is 8.80. The highest BCUT2D eigenvalue weighted by atomic mass is 16.6. The van der Waals surface area contributed by atoms with Crippen molar-refractivity contribution in [1.29, 1.82) is 0 Å². The minimum absolute atomic E-state index is 0.0368. The lowest BCUT2D eigenvalue weighted by Crippen LogP contribution is -2.44. The summed E-state index contributed by atoms with van der Waals surface area (Å²) in [7, 11) is 5.42. The Labute approximate surface area is 307 Å². The van der Waals surface area contributed by atoms with Gasteiger partial charge in [-0.1, -0.05) is 12.1 Å². The maximum Gasteiger partial charge on any atom is 0.410 e. The first-order valence-electron chi connectivity index (χ1n) is 17.7. The molecule has 0 atom stereocenters. The summed E-state index contributed by atoms with van der Waals surface area (Å²) in [4.78, 5) is 25.0. The number of rotatable bonds is 8. The first kappa shape index (κ1) is 38.0. The van der Waals surface area contributed by atoms with Gasteiger partial charge in [-0.2, -0.15) is 0 Å². The Morgan fingerprint density at radius 1 is 0.692 bits per heavy atom. The summed E-state index contributed by atoms with van der Waals surface area (Å²) < 4.78 is 28.7. The lowest BCUT2D eigenvalue weighted by atomic mass is 10.1. The average Bonchev–Trinajstić information content (AvgIpc) is 3.12. The molecular weight excluding hydrogens is 660 g/mol. The van der Waals surface area contributed by atoms with Crippen LogP contribution in [-0.4, -0.2) is 91.1 Å². The van der Waals surface area contributed by atoms with E-state index in [9.17, 15) is 4.79 Å². The van der Waals surface area contributed by atoms with Crippen LogP contribution in [0.4, 0.5) is 16.4 Å². The van der Waals surface area contributed by atoms with Crippen LogP contribution in [0.2, 0.25) is 0 Å². The van der Waals surface area contributed by atoms with Crippen LogP contribution in [0, 0.1) is 0 Å². The van der Waals surface area contributed by atoms with Gasteiger partial charge in [0.15, 0.2) is 0 Å². The quantitative estimate of drug-likeness (QED) is 0.196. The molecule has 12 nitrogen and oxygen atoms in total.